The zero-order chi connectivity index (χ0) is 18.5. The fraction of sp³-hybridized carbons (Fsp3) is 0.0455. The minimum absolute atomic E-state index is 0.0848. The normalized spacial score (nSPS) is 10.8. The molecule has 0 bridgehead atoms. The van der Waals surface area contributed by atoms with E-state index in [0.717, 1.165) is 16.7 Å². The molecule has 3 aromatic rings. The van der Waals surface area contributed by atoms with Crippen LogP contribution in [0.5, 0.6) is 11.5 Å². The Morgan fingerprint density at radius 2 is 1.77 bits per heavy atom. The molecular formula is C22H17FO3. The molecule has 0 saturated heterocycles. The van der Waals surface area contributed by atoms with Crippen LogP contribution < -0.4 is 4.74 Å². The van der Waals surface area contributed by atoms with Crippen molar-refractivity contribution in [3.63, 3.8) is 0 Å². The maximum Gasteiger partial charge on any atom is 0.185 e. The number of aromatic hydroxyl groups is 1. The first-order valence-electron chi connectivity index (χ1n) is 8.03. The van der Waals surface area contributed by atoms with Gasteiger partial charge >= 0.3 is 0 Å². The fourth-order valence-corrected chi connectivity index (χ4v) is 2.64. The molecule has 0 aromatic heterocycles. The number of benzene rings is 3. The van der Waals surface area contributed by atoms with Gasteiger partial charge in [-0.15, -0.1) is 0 Å². The maximum absolute atomic E-state index is 13.1. The predicted molar refractivity (Wildman–Crippen MR) is 99.9 cm³/mol. The third kappa shape index (κ3) is 3.81. The summed E-state index contributed by atoms with van der Waals surface area (Å²) in [6, 6.07) is 18.3. The lowest BCUT2D eigenvalue weighted by molar-refractivity contribution is 0.104. The SMILES string of the molecule is COc1ccc(C(=O)/C=C/c2ccccc2-c2ccc(F)cc2)cc1O. The Bertz CT molecular complexity index is 959. The first-order chi connectivity index (χ1) is 12.6. The number of ketones is 1. The monoisotopic (exact) mass is 348 g/mol. The highest BCUT2D eigenvalue weighted by atomic mass is 19.1. The van der Waals surface area contributed by atoms with E-state index in [1.807, 2.05) is 24.3 Å². The number of carbonyl (C=O) groups is 1. The van der Waals surface area contributed by atoms with Gasteiger partial charge in [-0.05, 0) is 53.1 Å². The van der Waals surface area contributed by atoms with Gasteiger partial charge in [-0.2, -0.15) is 0 Å². The zero-order valence-corrected chi connectivity index (χ0v) is 14.1. The van der Waals surface area contributed by atoms with Crippen molar-refractivity contribution in [1.82, 2.24) is 0 Å². The van der Waals surface area contributed by atoms with Gasteiger partial charge < -0.3 is 9.84 Å². The van der Waals surface area contributed by atoms with E-state index in [1.54, 1.807) is 30.3 Å². The molecule has 0 heterocycles. The summed E-state index contributed by atoms with van der Waals surface area (Å²) in [6.07, 6.45) is 3.16. The minimum atomic E-state index is -0.295. The molecular weight excluding hydrogens is 331 g/mol. The number of hydrogen-bond acceptors (Lipinski definition) is 3. The summed E-state index contributed by atoms with van der Waals surface area (Å²) in [5.74, 6) is -0.307. The van der Waals surface area contributed by atoms with Crippen LogP contribution in [-0.4, -0.2) is 18.0 Å². The van der Waals surface area contributed by atoms with Crippen molar-refractivity contribution in [3.05, 3.63) is 89.8 Å². The van der Waals surface area contributed by atoms with Gasteiger partial charge in [0.1, 0.15) is 5.82 Å². The highest BCUT2D eigenvalue weighted by Crippen LogP contribution is 2.27. The van der Waals surface area contributed by atoms with Gasteiger partial charge in [0.2, 0.25) is 0 Å². The van der Waals surface area contributed by atoms with E-state index in [4.69, 9.17) is 4.74 Å². The Morgan fingerprint density at radius 3 is 2.46 bits per heavy atom. The number of carbonyl (C=O) groups excluding carboxylic acids is 1. The molecule has 26 heavy (non-hydrogen) atoms. The highest BCUT2D eigenvalue weighted by Gasteiger charge is 2.08. The third-order valence-corrected chi connectivity index (χ3v) is 3.99. The van der Waals surface area contributed by atoms with Crippen LogP contribution in [0.25, 0.3) is 17.2 Å². The van der Waals surface area contributed by atoms with Gasteiger partial charge in [-0.25, -0.2) is 4.39 Å². The molecule has 0 saturated carbocycles. The van der Waals surface area contributed by atoms with E-state index in [0.29, 0.717) is 11.3 Å². The van der Waals surface area contributed by atoms with E-state index in [9.17, 15) is 14.3 Å². The zero-order valence-electron chi connectivity index (χ0n) is 14.1. The van der Waals surface area contributed by atoms with Crippen LogP contribution in [-0.2, 0) is 0 Å². The van der Waals surface area contributed by atoms with Crippen molar-refractivity contribution < 1.29 is 19.0 Å². The minimum Gasteiger partial charge on any atom is -0.504 e. The number of halogens is 1. The van der Waals surface area contributed by atoms with Crippen molar-refractivity contribution in [2.24, 2.45) is 0 Å². The van der Waals surface area contributed by atoms with Crippen LogP contribution in [0.1, 0.15) is 15.9 Å². The summed E-state index contributed by atoms with van der Waals surface area (Å²) in [6.45, 7) is 0. The average molecular weight is 348 g/mol. The quantitative estimate of drug-likeness (QED) is 0.515. The molecule has 3 aromatic carbocycles. The second-order valence-electron chi connectivity index (χ2n) is 5.68. The van der Waals surface area contributed by atoms with Gasteiger partial charge in [-0.1, -0.05) is 42.5 Å². The van der Waals surface area contributed by atoms with Crippen molar-refractivity contribution in [2.75, 3.05) is 7.11 Å². The molecule has 0 unspecified atom stereocenters. The van der Waals surface area contributed by atoms with Gasteiger partial charge in [0, 0.05) is 5.56 Å². The average Bonchev–Trinajstić information content (AvgIpc) is 2.67. The van der Waals surface area contributed by atoms with Gasteiger partial charge in [0.25, 0.3) is 0 Å². The first-order valence-corrected chi connectivity index (χ1v) is 8.03. The molecule has 0 spiro atoms. The number of rotatable bonds is 5. The molecule has 1 N–H and O–H groups in total. The van der Waals surface area contributed by atoms with Crippen LogP contribution in [0, 0.1) is 5.82 Å². The molecule has 0 fully saturated rings. The maximum atomic E-state index is 13.1. The molecule has 4 heteroatoms. The largest absolute Gasteiger partial charge is 0.504 e. The molecule has 0 radical (unpaired) electrons. The van der Waals surface area contributed by atoms with E-state index < -0.39 is 0 Å². The Labute approximate surface area is 151 Å². The van der Waals surface area contributed by atoms with Crippen LogP contribution in [0.15, 0.2) is 72.8 Å². The Balaban J connectivity index is 1.88. The van der Waals surface area contributed by atoms with Gasteiger partial charge in [-0.3, -0.25) is 4.79 Å². The number of hydrogen-bond donors (Lipinski definition) is 1. The molecule has 130 valence electrons. The highest BCUT2D eigenvalue weighted by molar-refractivity contribution is 6.07. The van der Waals surface area contributed by atoms with Gasteiger partial charge in [0.05, 0.1) is 7.11 Å². The van der Waals surface area contributed by atoms with Crippen molar-refractivity contribution in [1.29, 1.82) is 0 Å². The van der Waals surface area contributed by atoms with Crippen molar-refractivity contribution in [3.8, 4) is 22.6 Å². The summed E-state index contributed by atoms with van der Waals surface area (Å²) >= 11 is 0. The lowest BCUT2D eigenvalue weighted by atomic mass is 9.98. The third-order valence-electron chi connectivity index (χ3n) is 3.99. The Morgan fingerprint density at radius 1 is 1.04 bits per heavy atom. The Hall–Kier alpha value is -3.40. The molecule has 0 amide bonds. The summed E-state index contributed by atoms with van der Waals surface area (Å²) in [4.78, 5) is 12.4. The standard InChI is InChI=1S/C22H17FO3/c1-26-22-13-9-17(14-21(22)25)20(24)12-8-15-4-2-3-5-19(15)16-6-10-18(23)11-7-16/h2-14,25H,1H3/b12-8+. The second-order valence-corrected chi connectivity index (χ2v) is 5.68. The van der Waals surface area contributed by atoms with Gasteiger partial charge in [0.15, 0.2) is 17.3 Å². The number of methoxy groups -OCH3 is 1. The number of ether oxygens (including phenoxy) is 1. The van der Waals surface area contributed by atoms with E-state index >= 15 is 0 Å². The van der Waals surface area contributed by atoms with E-state index in [1.165, 1.54) is 31.4 Å². The Kier molecular flexibility index (Phi) is 5.13. The van der Waals surface area contributed by atoms with Crippen molar-refractivity contribution in [2.45, 2.75) is 0 Å². The number of phenols is 1. The van der Waals surface area contributed by atoms with E-state index in [2.05, 4.69) is 0 Å². The molecule has 3 rings (SSSR count). The summed E-state index contributed by atoms with van der Waals surface area (Å²) in [7, 11) is 1.45. The number of allylic oxidation sites excluding steroid dienone is 1. The lowest BCUT2D eigenvalue weighted by Gasteiger charge is -2.06. The molecule has 0 atom stereocenters. The van der Waals surface area contributed by atoms with Crippen molar-refractivity contribution >= 4 is 11.9 Å². The smallest absolute Gasteiger partial charge is 0.185 e. The molecule has 0 aliphatic rings. The summed E-state index contributed by atoms with van der Waals surface area (Å²) < 4.78 is 18.1. The summed E-state index contributed by atoms with van der Waals surface area (Å²) in [5, 5.41) is 9.81. The lowest BCUT2D eigenvalue weighted by Crippen LogP contribution is -1.95. The number of phenolic OH excluding ortho intramolecular Hbond substituents is 1. The summed E-state index contributed by atoms with van der Waals surface area (Å²) in [5.41, 5.74) is 2.96. The molecule has 0 aliphatic heterocycles. The topological polar surface area (TPSA) is 46.5 Å². The second kappa shape index (κ2) is 7.66. The van der Waals surface area contributed by atoms with Crippen LogP contribution in [0.2, 0.25) is 0 Å². The molecule has 0 aliphatic carbocycles. The van der Waals surface area contributed by atoms with Crippen LogP contribution in [0.4, 0.5) is 4.39 Å². The predicted octanol–water partition coefficient (Wildman–Crippen LogP) is 5.10. The van der Waals surface area contributed by atoms with Crippen LogP contribution >= 0.6 is 0 Å². The first kappa shape index (κ1) is 17.4. The fourth-order valence-electron chi connectivity index (χ4n) is 2.64. The van der Waals surface area contributed by atoms with Crippen LogP contribution in [0.3, 0.4) is 0 Å². The molecule has 3 nitrogen and oxygen atoms in total. The van der Waals surface area contributed by atoms with E-state index in [-0.39, 0.29) is 17.3 Å².